The molecular formula is C18H14N2O4S. The van der Waals surface area contributed by atoms with Crippen LogP contribution in [0.15, 0.2) is 60.1 Å². The van der Waals surface area contributed by atoms with Crippen molar-refractivity contribution < 1.29 is 19.4 Å². The first kappa shape index (κ1) is 16.7. The van der Waals surface area contributed by atoms with Gasteiger partial charge in [-0.05, 0) is 23.8 Å². The number of hydrogen-bond acceptors (Lipinski definition) is 5. The number of aromatic carboxylic acids is 1. The topological polar surface area (TPSA) is 88.5 Å². The number of nitrogens with zero attached hydrogens (tertiary/aromatic N) is 1. The van der Waals surface area contributed by atoms with E-state index in [1.807, 2.05) is 30.3 Å². The van der Waals surface area contributed by atoms with Crippen molar-refractivity contribution in [3.05, 3.63) is 71.2 Å². The maximum absolute atomic E-state index is 12.1. The van der Waals surface area contributed by atoms with E-state index in [0.29, 0.717) is 16.3 Å². The van der Waals surface area contributed by atoms with Crippen LogP contribution in [0.2, 0.25) is 0 Å². The summed E-state index contributed by atoms with van der Waals surface area (Å²) in [5.41, 5.74) is 1.97. The third-order valence-electron chi connectivity index (χ3n) is 3.38. The third kappa shape index (κ3) is 4.21. The molecule has 0 unspecified atom stereocenters. The number of thiazole rings is 1. The van der Waals surface area contributed by atoms with E-state index in [1.165, 1.54) is 29.5 Å². The molecule has 2 N–H and O–H groups in total. The van der Waals surface area contributed by atoms with Gasteiger partial charge in [0, 0.05) is 17.1 Å². The van der Waals surface area contributed by atoms with Crippen LogP contribution in [0.25, 0.3) is 10.6 Å². The molecule has 0 radical (unpaired) electrons. The highest BCUT2D eigenvalue weighted by atomic mass is 32.1. The van der Waals surface area contributed by atoms with E-state index >= 15 is 0 Å². The maximum Gasteiger partial charge on any atom is 0.411 e. The van der Waals surface area contributed by atoms with Gasteiger partial charge in [0.05, 0.1) is 11.3 Å². The van der Waals surface area contributed by atoms with Crippen molar-refractivity contribution in [2.75, 3.05) is 5.32 Å². The zero-order chi connectivity index (χ0) is 17.6. The number of anilines is 1. The highest BCUT2D eigenvalue weighted by Gasteiger charge is 2.14. The molecule has 0 saturated heterocycles. The second-order valence-electron chi connectivity index (χ2n) is 5.09. The van der Waals surface area contributed by atoms with Gasteiger partial charge >= 0.3 is 12.1 Å². The van der Waals surface area contributed by atoms with Gasteiger partial charge in [-0.1, -0.05) is 30.3 Å². The smallest absolute Gasteiger partial charge is 0.411 e. The predicted molar refractivity (Wildman–Crippen MR) is 94.8 cm³/mol. The van der Waals surface area contributed by atoms with E-state index in [9.17, 15) is 9.59 Å². The molecule has 0 aliphatic rings. The molecule has 1 heterocycles. The lowest BCUT2D eigenvalue weighted by atomic mass is 10.1. The summed E-state index contributed by atoms with van der Waals surface area (Å²) >= 11 is 1.35. The summed E-state index contributed by atoms with van der Waals surface area (Å²) in [5.74, 6) is -1.05. The Labute approximate surface area is 147 Å². The molecule has 0 bridgehead atoms. The molecule has 3 rings (SSSR count). The fourth-order valence-electron chi connectivity index (χ4n) is 2.19. The average molecular weight is 354 g/mol. The molecule has 25 heavy (non-hydrogen) atoms. The van der Waals surface area contributed by atoms with Crippen LogP contribution in [0.1, 0.15) is 15.9 Å². The van der Waals surface area contributed by atoms with Gasteiger partial charge in [-0.25, -0.2) is 14.6 Å². The number of amides is 1. The summed E-state index contributed by atoms with van der Waals surface area (Å²) in [6.07, 6.45) is 0.995. The Morgan fingerprint density at radius 1 is 1.16 bits per heavy atom. The van der Waals surface area contributed by atoms with Crippen molar-refractivity contribution in [3.63, 3.8) is 0 Å². The molecule has 1 amide bonds. The summed E-state index contributed by atoms with van der Waals surface area (Å²) in [7, 11) is 0. The van der Waals surface area contributed by atoms with Crippen molar-refractivity contribution in [2.24, 2.45) is 0 Å². The maximum atomic E-state index is 12.1. The Kier molecular flexibility index (Phi) is 5.06. The minimum Gasteiger partial charge on any atom is -0.478 e. The lowest BCUT2D eigenvalue weighted by Gasteiger charge is -2.11. The van der Waals surface area contributed by atoms with Crippen molar-refractivity contribution >= 4 is 29.1 Å². The second kappa shape index (κ2) is 7.59. The van der Waals surface area contributed by atoms with Gasteiger partial charge in [0.1, 0.15) is 11.6 Å². The standard InChI is InChI=1S/C18H14N2O4S/c21-17(22)13-6-7-15(14(10-13)16-19-8-9-25-16)20-18(23)24-11-12-4-2-1-3-5-12/h1-10H,11H2,(H,20,23)(H,21,22). The zero-order valence-corrected chi connectivity index (χ0v) is 13.8. The molecule has 3 aromatic rings. The van der Waals surface area contributed by atoms with E-state index in [0.717, 1.165) is 5.56 Å². The van der Waals surface area contributed by atoms with Crippen LogP contribution in [0.5, 0.6) is 0 Å². The highest BCUT2D eigenvalue weighted by molar-refractivity contribution is 7.13. The normalized spacial score (nSPS) is 10.2. The van der Waals surface area contributed by atoms with Crippen LogP contribution in [-0.4, -0.2) is 22.2 Å². The summed E-state index contributed by atoms with van der Waals surface area (Å²) in [4.78, 5) is 27.4. The molecular weight excluding hydrogens is 340 g/mol. The summed E-state index contributed by atoms with van der Waals surface area (Å²) in [5, 5.41) is 14.2. The fraction of sp³-hybridized carbons (Fsp3) is 0.0556. The molecule has 0 spiro atoms. The van der Waals surface area contributed by atoms with Gasteiger partial charge in [-0.15, -0.1) is 11.3 Å². The molecule has 1 aromatic heterocycles. The Balaban J connectivity index is 1.77. The number of carbonyl (C=O) groups is 2. The van der Waals surface area contributed by atoms with E-state index in [2.05, 4.69) is 10.3 Å². The van der Waals surface area contributed by atoms with E-state index < -0.39 is 12.1 Å². The molecule has 0 aliphatic carbocycles. The van der Waals surface area contributed by atoms with Gasteiger partial charge in [-0.2, -0.15) is 0 Å². The average Bonchev–Trinajstić information content (AvgIpc) is 3.15. The zero-order valence-electron chi connectivity index (χ0n) is 13.0. The molecule has 7 heteroatoms. The SMILES string of the molecule is O=C(Nc1ccc(C(=O)O)cc1-c1nccs1)OCc1ccccc1. The molecule has 0 fully saturated rings. The third-order valence-corrected chi connectivity index (χ3v) is 4.19. The van der Waals surface area contributed by atoms with Crippen LogP contribution in [-0.2, 0) is 11.3 Å². The molecule has 2 aromatic carbocycles. The first-order valence-corrected chi connectivity index (χ1v) is 8.26. The highest BCUT2D eigenvalue weighted by Crippen LogP contribution is 2.31. The van der Waals surface area contributed by atoms with Crippen LogP contribution in [0.3, 0.4) is 0 Å². The molecule has 0 atom stereocenters. The number of hydrogen-bond donors (Lipinski definition) is 2. The Morgan fingerprint density at radius 2 is 1.96 bits per heavy atom. The number of nitrogens with one attached hydrogen (secondary N) is 1. The van der Waals surface area contributed by atoms with E-state index in [1.54, 1.807) is 11.6 Å². The molecule has 0 saturated carbocycles. The van der Waals surface area contributed by atoms with Crippen molar-refractivity contribution in [2.45, 2.75) is 6.61 Å². The number of carbonyl (C=O) groups excluding carboxylic acids is 1. The Hall–Kier alpha value is -3.19. The lowest BCUT2D eigenvalue weighted by Crippen LogP contribution is -2.14. The second-order valence-corrected chi connectivity index (χ2v) is 5.98. The largest absolute Gasteiger partial charge is 0.478 e. The minimum atomic E-state index is -1.05. The van der Waals surface area contributed by atoms with Crippen molar-refractivity contribution in [1.82, 2.24) is 4.98 Å². The molecule has 0 aliphatic heterocycles. The number of carboxylic acids is 1. The molecule has 6 nitrogen and oxygen atoms in total. The Bertz CT molecular complexity index is 879. The van der Waals surface area contributed by atoms with Gasteiger partial charge in [0.25, 0.3) is 0 Å². The number of rotatable bonds is 5. The quantitative estimate of drug-likeness (QED) is 0.715. The monoisotopic (exact) mass is 354 g/mol. The minimum absolute atomic E-state index is 0.119. The number of carboxylic acid groups (broad SMARTS) is 1. The van der Waals surface area contributed by atoms with Crippen molar-refractivity contribution in [3.8, 4) is 10.6 Å². The summed E-state index contributed by atoms with van der Waals surface area (Å²) < 4.78 is 5.20. The number of benzene rings is 2. The summed E-state index contributed by atoms with van der Waals surface area (Å²) in [6, 6.07) is 13.8. The fourth-order valence-corrected chi connectivity index (χ4v) is 2.86. The van der Waals surface area contributed by atoms with Gasteiger partial charge in [-0.3, -0.25) is 5.32 Å². The molecule has 126 valence electrons. The number of ether oxygens (including phenoxy) is 1. The first-order valence-electron chi connectivity index (χ1n) is 7.38. The first-order chi connectivity index (χ1) is 12.1. The lowest BCUT2D eigenvalue weighted by molar-refractivity contribution is 0.0697. The number of aromatic nitrogens is 1. The van der Waals surface area contributed by atoms with Gasteiger partial charge in [0.2, 0.25) is 0 Å². The van der Waals surface area contributed by atoms with Gasteiger partial charge < -0.3 is 9.84 Å². The van der Waals surface area contributed by atoms with Crippen LogP contribution >= 0.6 is 11.3 Å². The summed E-state index contributed by atoms with van der Waals surface area (Å²) in [6.45, 7) is 0.145. The van der Waals surface area contributed by atoms with E-state index in [4.69, 9.17) is 9.84 Å². The van der Waals surface area contributed by atoms with Crippen molar-refractivity contribution in [1.29, 1.82) is 0 Å². The Morgan fingerprint density at radius 3 is 2.64 bits per heavy atom. The van der Waals surface area contributed by atoms with Gasteiger partial charge in [0.15, 0.2) is 0 Å². The van der Waals surface area contributed by atoms with Crippen LogP contribution in [0.4, 0.5) is 10.5 Å². The van der Waals surface area contributed by atoms with Crippen LogP contribution in [0, 0.1) is 0 Å². The van der Waals surface area contributed by atoms with Crippen LogP contribution < -0.4 is 5.32 Å². The van der Waals surface area contributed by atoms with E-state index in [-0.39, 0.29) is 12.2 Å². The predicted octanol–water partition coefficient (Wildman–Crippen LogP) is 4.26.